The summed E-state index contributed by atoms with van der Waals surface area (Å²) in [6.45, 7) is 0. The predicted molar refractivity (Wildman–Crippen MR) is 90.8 cm³/mol. The molecular formula is C18H19F3N4O. The van der Waals surface area contributed by atoms with Crippen molar-refractivity contribution in [3.05, 3.63) is 29.6 Å². The Labute approximate surface area is 149 Å². The van der Waals surface area contributed by atoms with Crippen LogP contribution in [-0.2, 0) is 13.2 Å². The van der Waals surface area contributed by atoms with Crippen molar-refractivity contribution in [1.29, 1.82) is 0 Å². The first-order valence-corrected chi connectivity index (χ1v) is 8.32. The number of nitrogens with zero attached hydrogens (tertiary/aromatic N) is 3. The number of nitrogens with two attached hydrogens (primary N) is 1. The van der Waals surface area contributed by atoms with Crippen LogP contribution in [-0.4, -0.2) is 25.5 Å². The number of alkyl halides is 3. The molecule has 1 saturated carbocycles. The van der Waals surface area contributed by atoms with Crippen LogP contribution in [0.4, 0.5) is 18.9 Å². The summed E-state index contributed by atoms with van der Waals surface area (Å²) < 4.78 is 39.6. The smallest absolute Gasteiger partial charge is 0.396 e. The van der Waals surface area contributed by atoms with E-state index < -0.39 is 17.5 Å². The summed E-state index contributed by atoms with van der Waals surface area (Å²) in [6, 6.07) is 3.99. The molecule has 0 aliphatic heterocycles. The van der Waals surface area contributed by atoms with Crippen LogP contribution in [0.3, 0.4) is 0 Å². The second kappa shape index (κ2) is 6.65. The van der Waals surface area contributed by atoms with E-state index >= 15 is 0 Å². The van der Waals surface area contributed by atoms with Gasteiger partial charge in [0.05, 0.1) is 17.1 Å². The summed E-state index contributed by atoms with van der Waals surface area (Å²) >= 11 is 0. The summed E-state index contributed by atoms with van der Waals surface area (Å²) in [7, 11) is 1.42. The first-order valence-electron chi connectivity index (χ1n) is 8.32. The van der Waals surface area contributed by atoms with Gasteiger partial charge in [-0.1, -0.05) is 12.3 Å². The molecule has 0 bridgehead atoms. The average molecular weight is 364 g/mol. The molecule has 0 aromatic carbocycles. The normalized spacial score (nSPS) is 16.8. The van der Waals surface area contributed by atoms with Crippen molar-refractivity contribution in [2.45, 2.75) is 43.9 Å². The number of nitrogen functional groups attached to an aromatic ring is 1. The van der Waals surface area contributed by atoms with Crippen molar-refractivity contribution in [2.24, 2.45) is 7.05 Å². The van der Waals surface area contributed by atoms with Gasteiger partial charge in [0.2, 0.25) is 0 Å². The summed E-state index contributed by atoms with van der Waals surface area (Å²) in [5.74, 6) is 5.64. The molecule has 5 nitrogen and oxygen atoms in total. The number of hydrogen-bond acceptors (Lipinski definition) is 4. The van der Waals surface area contributed by atoms with Crippen LogP contribution in [0.1, 0.15) is 43.5 Å². The molecule has 0 amide bonds. The third kappa shape index (κ3) is 3.83. The summed E-state index contributed by atoms with van der Waals surface area (Å²) in [4.78, 5) is 4.28. The number of pyridine rings is 1. The van der Waals surface area contributed by atoms with E-state index in [1.165, 1.54) is 19.2 Å². The highest BCUT2D eigenvalue weighted by Crippen LogP contribution is 2.31. The molecule has 26 heavy (non-hydrogen) atoms. The fourth-order valence-corrected chi connectivity index (χ4v) is 3.00. The number of halogens is 3. The summed E-state index contributed by atoms with van der Waals surface area (Å²) in [5.41, 5.74) is 4.87. The minimum Gasteiger partial charge on any atom is -0.396 e. The van der Waals surface area contributed by atoms with Gasteiger partial charge in [-0.25, -0.2) is 4.98 Å². The quantitative estimate of drug-likeness (QED) is 0.762. The number of anilines is 1. The Morgan fingerprint density at radius 2 is 1.92 bits per heavy atom. The third-order valence-electron chi connectivity index (χ3n) is 4.45. The molecule has 1 aliphatic rings. The fourth-order valence-electron chi connectivity index (χ4n) is 3.00. The zero-order valence-electron chi connectivity index (χ0n) is 14.3. The largest absolute Gasteiger partial charge is 0.435 e. The summed E-state index contributed by atoms with van der Waals surface area (Å²) in [6.07, 6.45) is -0.460. The van der Waals surface area contributed by atoms with Crippen molar-refractivity contribution < 1.29 is 18.3 Å². The molecule has 0 spiro atoms. The molecule has 138 valence electrons. The minimum absolute atomic E-state index is 0.205. The number of hydrogen-bond donors (Lipinski definition) is 2. The molecule has 2 heterocycles. The van der Waals surface area contributed by atoms with E-state index in [2.05, 4.69) is 21.9 Å². The predicted octanol–water partition coefficient (Wildman–Crippen LogP) is 3.13. The second-order valence-corrected chi connectivity index (χ2v) is 6.51. The standard InChI is InChI=1S/C18H19F3N4O/c1-25-15(11-16(24-25)18(19,20)21)14-6-5-12(22)13(23-14)7-10-17(26)8-3-2-4-9-17/h5-6,11,26H,2-4,8-9,22H2,1H3. The lowest BCUT2D eigenvalue weighted by atomic mass is 9.85. The lowest BCUT2D eigenvalue weighted by molar-refractivity contribution is -0.141. The van der Waals surface area contributed by atoms with E-state index in [1.54, 1.807) is 0 Å². The molecule has 2 aromatic rings. The molecule has 2 aromatic heterocycles. The van der Waals surface area contributed by atoms with Gasteiger partial charge in [-0.3, -0.25) is 4.68 Å². The maximum atomic E-state index is 12.8. The number of aryl methyl sites for hydroxylation is 1. The number of aliphatic hydroxyl groups is 1. The first kappa shape index (κ1) is 18.3. The Kier molecular flexibility index (Phi) is 4.67. The van der Waals surface area contributed by atoms with Gasteiger partial charge < -0.3 is 10.8 Å². The Morgan fingerprint density at radius 3 is 2.54 bits per heavy atom. The van der Waals surface area contributed by atoms with E-state index in [-0.39, 0.29) is 17.1 Å². The molecule has 0 radical (unpaired) electrons. The Balaban J connectivity index is 1.95. The lowest BCUT2D eigenvalue weighted by Gasteiger charge is -2.26. The third-order valence-corrected chi connectivity index (χ3v) is 4.45. The molecule has 8 heteroatoms. The molecule has 0 saturated heterocycles. The molecule has 3 N–H and O–H groups in total. The Morgan fingerprint density at radius 1 is 1.23 bits per heavy atom. The van der Waals surface area contributed by atoms with Crippen molar-refractivity contribution in [3.8, 4) is 23.2 Å². The minimum atomic E-state index is -4.53. The van der Waals surface area contributed by atoms with Gasteiger partial charge in [-0.05, 0) is 49.8 Å². The SMILES string of the molecule is Cn1nc(C(F)(F)F)cc1-c1ccc(N)c(C#CC2(O)CCCCC2)n1. The van der Waals surface area contributed by atoms with Gasteiger partial charge in [0.1, 0.15) is 11.3 Å². The molecule has 3 rings (SSSR count). The topological polar surface area (TPSA) is 77.0 Å². The van der Waals surface area contributed by atoms with Gasteiger partial charge in [-0.15, -0.1) is 0 Å². The molecular weight excluding hydrogens is 345 g/mol. The monoisotopic (exact) mass is 364 g/mol. The van der Waals surface area contributed by atoms with E-state index in [0.717, 1.165) is 30.0 Å². The van der Waals surface area contributed by atoms with Gasteiger partial charge in [-0.2, -0.15) is 18.3 Å². The highest BCUT2D eigenvalue weighted by atomic mass is 19.4. The first-order chi connectivity index (χ1) is 12.2. The van der Waals surface area contributed by atoms with Crippen LogP contribution in [0.2, 0.25) is 0 Å². The molecule has 1 fully saturated rings. The zero-order chi connectivity index (χ0) is 18.9. The van der Waals surface area contributed by atoms with Crippen LogP contribution in [0.15, 0.2) is 18.2 Å². The highest BCUT2D eigenvalue weighted by Gasteiger charge is 2.35. The highest BCUT2D eigenvalue weighted by molar-refractivity contribution is 5.62. The second-order valence-electron chi connectivity index (χ2n) is 6.51. The average Bonchev–Trinajstić information content (AvgIpc) is 2.97. The summed E-state index contributed by atoms with van der Waals surface area (Å²) in [5, 5.41) is 14.0. The zero-order valence-corrected chi connectivity index (χ0v) is 14.3. The van der Waals surface area contributed by atoms with Crippen molar-refractivity contribution >= 4 is 5.69 Å². The number of aromatic nitrogens is 3. The number of rotatable bonds is 1. The van der Waals surface area contributed by atoms with E-state index in [4.69, 9.17) is 5.73 Å². The van der Waals surface area contributed by atoms with E-state index in [9.17, 15) is 18.3 Å². The molecule has 0 atom stereocenters. The lowest BCUT2D eigenvalue weighted by Crippen LogP contribution is -2.29. The van der Waals surface area contributed by atoms with Crippen molar-refractivity contribution in [2.75, 3.05) is 5.73 Å². The van der Waals surface area contributed by atoms with Crippen LogP contribution in [0, 0.1) is 11.8 Å². The van der Waals surface area contributed by atoms with Crippen LogP contribution in [0.5, 0.6) is 0 Å². The van der Waals surface area contributed by atoms with E-state index in [0.29, 0.717) is 18.5 Å². The van der Waals surface area contributed by atoms with Crippen LogP contribution < -0.4 is 5.73 Å². The molecule has 1 aliphatic carbocycles. The van der Waals surface area contributed by atoms with Crippen LogP contribution in [0.25, 0.3) is 11.4 Å². The van der Waals surface area contributed by atoms with E-state index in [1.807, 2.05) is 0 Å². The maximum absolute atomic E-state index is 12.8. The van der Waals surface area contributed by atoms with Gasteiger partial charge >= 0.3 is 6.18 Å². The Bertz CT molecular complexity index is 871. The maximum Gasteiger partial charge on any atom is 0.435 e. The van der Waals surface area contributed by atoms with Crippen LogP contribution >= 0.6 is 0 Å². The van der Waals surface area contributed by atoms with Gasteiger partial charge in [0.15, 0.2) is 5.69 Å². The molecule has 0 unspecified atom stereocenters. The Hall–Kier alpha value is -2.53. The fraction of sp³-hybridized carbons (Fsp3) is 0.444. The van der Waals surface area contributed by atoms with Crippen molar-refractivity contribution in [3.63, 3.8) is 0 Å². The van der Waals surface area contributed by atoms with Gasteiger partial charge in [0.25, 0.3) is 0 Å². The van der Waals surface area contributed by atoms with Gasteiger partial charge in [0, 0.05) is 7.05 Å². The van der Waals surface area contributed by atoms with Crippen molar-refractivity contribution in [1.82, 2.24) is 14.8 Å².